The zero-order valence-corrected chi connectivity index (χ0v) is 13.6. The Labute approximate surface area is 140 Å². The summed E-state index contributed by atoms with van der Waals surface area (Å²) < 4.78 is 13.5. The summed E-state index contributed by atoms with van der Waals surface area (Å²) in [6.45, 7) is 4.08. The predicted octanol–water partition coefficient (Wildman–Crippen LogP) is 2.85. The number of carbonyl (C=O) groups is 1. The third-order valence-corrected chi connectivity index (χ3v) is 3.85. The summed E-state index contributed by atoms with van der Waals surface area (Å²) in [5, 5.41) is 5.13. The zero-order valence-electron chi connectivity index (χ0n) is 13.6. The van der Waals surface area contributed by atoms with Crippen molar-refractivity contribution in [1.82, 2.24) is 15.3 Å². The van der Waals surface area contributed by atoms with Gasteiger partial charge in [-0.3, -0.25) is 0 Å². The molecule has 1 aliphatic heterocycles. The average Bonchev–Trinajstić information content (AvgIpc) is 3.09. The summed E-state index contributed by atoms with van der Waals surface area (Å²) >= 11 is 0. The molecular weight excluding hydrogens is 309 g/mol. The van der Waals surface area contributed by atoms with Crippen molar-refractivity contribution in [2.45, 2.75) is 26.3 Å². The standard InChI is InChI=1S/C17H20FN5O/c1-12-10-16(23-8-4-5-9-23)22-15(20-12)11-19-17(24)21-14-7-3-2-6-13(14)18/h2-3,6-7,10H,4-5,8-9,11H2,1H3,(H2,19,21,24). The first-order chi connectivity index (χ1) is 11.6. The van der Waals surface area contributed by atoms with E-state index in [1.54, 1.807) is 12.1 Å². The average molecular weight is 329 g/mol. The van der Waals surface area contributed by atoms with Crippen molar-refractivity contribution in [2.24, 2.45) is 0 Å². The molecule has 7 heteroatoms. The molecule has 0 bridgehead atoms. The lowest BCUT2D eigenvalue weighted by atomic mass is 10.3. The number of nitrogens with one attached hydrogen (secondary N) is 2. The highest BCUT2D eigenvalue weighted by Gasteiger charge is 2.15. The fourth-order valence-corrected chi connectivity index (χ4v) is 2.69. The Morgan fingerprint density at radius 1 is 1.25 bits per heavy atom. The summed E-state index contributed by atoms with van der Waals surface area (Å²) in [6, 6.07) is 7.48. The molecule has 0 atom stereocenters. The van der Waals surface area contributed by atoms with Gasteiger partial charge in [0.1, 0.15) is 17.5 Å². The van der Waals surface area contributed by atoms with E-state index in [0.717, 1.165) is 24.6 Å². The Bertz CT molecular complexity index is 731. The minimum Gasteiger partial charge on any atom is -0.357 e. The first-order valence-electron chi connectivity index (χ1n) is 8.01. The summed E-state index contributed by atoms with van der Waals surface area (Å²) in [5.74, 6) is 0.961. The number of aromatic nitrogens is 2. The lowest BCUT2D eigenvalue weighted by molar-refractivity contribution is 0.251. The van der Waals surface area contributed by atoms with Crippen molar-refractivity contribution in [3.8, 4) is 0 Å². The van der Waals surface area contributed by atoms with Gasteiger partial charge < -0.3 is 15.5 Å². The number of nitrogens with zero attached hydrogens (tertiary/aromatic N) is 3. The first-order valence-corrected chi connectivity index (χ1v) is 8.01. The second-order valence-electron chi connectivity index (χ2n) is 5.77. The number of hydrogen-bond donors (Lipinski definition) is 2. The van der Waals surface area contributed by atoms with E-state index in [2.05, 4.69) is 25.5 Å². The minimum absolute atomic E-state index is 0.137. The van der Waals surface area contributed by atoms with E-state index in [1.165, 1.54) is 25.0 Å². The van der Waals surface area contributed by atoms with Crippen LogP contribution in [0.1, 0.15) is 24.4 Å². The summed E-state index contributed by atoms with van der Waals surface area (Å²) in [7, 11) is 0. The number of aryl methyl sites for hydroxylation is 1. The highest BCUT2D eigenvalue weighted by atomic mass is 19.1. The Balaban J connectivity index is 1.61. The van der Waals surface area contributed by atoms with Crippen LogP contribution in [0.3, 0.4) is 0 Å². The van der Waals surface area contributed by atoms with Gasteiger partial charge in [0, 0.05) is 24.8 Å². The lowest BCUT2D eigenvalue weighted by Crippen LogP contribution is -2.30. The van der Waals surface area contributed by atoms with Crippen molar-refractivity contribution in [2.75, 3.05) is 23.3 Å². The van der Waals surface area contributed by atoms with Crippen LogP contribution in [0.4, 0.5) is 20.7 Å². The number of amides is 2. The molecule has 1 aromatic carbocycles. The molecular formula is C17H20FN5O. The van der Waals surface area contributed by atoms with Crippen molar-refractivity contribution in [3.63, 3.8) is 0 Å². The monoisotopic (exact) mass is 329 g/mol. The second kappa shape index (κ2) is 7.25. The largest absolute Gasteiger partial charge is 0.357 e. The van der Waals surface area contributed by atoms with Gasteiger partial charge in [0.15, 0.2) is 0 Å². The van der Waals surface area contributed by atoms with E-state index in [9.17, 15) is 9.18 Å². The maximum absolute atomic E-state index is 13.5. The Kier molecular flexibility index (Phi) is 4.88. The number of hydrogen-bond acceptors (Lipinski definition) is 4. The molecule has 6 nitrogen and oxygen atoms in total. The number of urea groups is 1. The maximum atomic E-state index is 13.5. The van der Waals surface area contributed by atoms with Gasteiger partial charge in [0.2, 0.25) is 0 Å². The summed E-state index contributed by atoms with van der Waals surface area (Å²) in [6.07, 6.45) is 2.34. The Hall–Kier alpha value is -2.70. The van der Waals surface area contributed by atoms with E-state index in [1.807, 2.05) is 13.0 Å². The van der Waals surface area contributed by atoms with Gasteiger partial charge in [0.05, 0.1) is 12.2 Å². The van der Waals surface area contributed by atoms with Crippen molar-refractivity contribution in [3.05, 3.63) is 47.7 Å². The molecule has 126 valence electrons. The van der Waals surface area contributed by atoms with Crippen LogP contribution in [0.5, 0.6) is 0 Å². The van der Waals surface area contributed by atoms with Crippen LogP contribution in [-0.4, -0.2) is 29.1 Å². The van der Waals surface area contributed by atoms with E-state index < -0.39 is 11.8 Å². The molecule has 1 fully saturated rings. The molecule has 2 N–H and O–H groups in total. The van der Waals surface area contributed by atoms with Gasteiger partial charge in [-0.1, -0.05) is 12.1 Å². The molecule has 2 aromatic rings. The SMILES string of the molecule is Cc1cc(N2CCCC2)nc(CNC(=O)Nc2ccccc2F)n1. The highest BCUT2D eigenvalue weighted by molar-refractivity contribution is 5.89. The van der Waals surface area contributed by atoms with Gasteiger partial charge in [0.25, 0.3) is 0 Å². The van der Waals surface area contributed by atoms with Crippen LogP contribution in [-0.2, 0) is 6.54 Å². The van der Waals surface area contributed by atoms with E-state index >= 15 is 0 Å². The number of para-hydroxylation sites is 1. The molecule has 24 heavy (non-hydrogen) atoms. The smallest absolute Gasteiger partial charge is 0.319 e. The van der Waals surface area contributed by atoms with Crippen LogP contribution in [0.2, 0.25) is 0 Å². The first kappa shape index (κ1) is 16.2. The van der Waals surface area contributed by atoms with E-state index in [0.29, 0.717) is 5.82 Å². The number of halogens is 1. The molecule has 1 saturated heterocycles. The number of carbonyl (C=O) groups excluding carboxylic acids is 1. The lowest BCUT2D eigenvalue weighted by Gasteiger charge is -2.17. The van der Waals surface area contributed by atoms with Crippen molar-refractivity contribution in [1.29, 1.82) is 0 Å². The van der Waals surface area contributed by atoms with Crippen LogP contribution < -0.4 is 15.5 Å². The molecule has 0 unspecified atom stereocenters. The summed E-state index contributed by atoms with van der Waals surface area (Å²) in [5.41, 5.74) is 0.996. The molecule has 2 heterocycles. The zero-order chi connectivity index (χ0) is 16.9. The van der Waals surface area contributed by atoms with Crippen LogP contribution in [0.15, 0.2) is 30.3 Å². The van der Waals surface area contributed by atoms with Gasteiger partial charge >= 0.3 is 6.03 Å². The fourth-order valence-electron chi connectivity index (χ4n) is 2.69. The van der Waals surface area contributed by atoms with Crippen LogP contribution >= 0.6 is 0 Å². The summed E-state index contributed by atoms with van der Waals surface area (Å²) in [4.78, 5) is 23.0. The third-order valence-electron chi connectivity index (χ3n) is 3.85. The topological polar surface area (TPSA) is 70.2 Å². The fraction of sp³-hybridized carbons (Fsp3) is 0.353. The molecule has 3 rings (SSSR count). The van der Waals surface area contributed by atoms with Gasteiger partial charge in [-0.05, 0) is 31.9 Å². The molecule has 0 aliphatic carbocycles. The third kappa shape index (κ3) is 3.98. The van der Waals surface area contributed by atoms with Gasteiger partial charge in [-0.2, -0.15) is 0 Å². The molecule has 0 saturated carbocycles. The molecule has 0 radical (unpaired) electrons. The Morgan fingerprint density at radius 2 is 2.00 bits per heavy atom. The molecule has 0 spiro atoms. The van der Waals surface area contributed by atoms with E-state index in [-0.39, 0.29) is 12.2 Å². The second-order valence-corrected chi connectivity index (χ2v) is 5.77. The van der Waals surface area contributed by atoms with Crippen molar-refractivity contribution < 1.29 is 9.18 Å². The molecule has 1 aromatic heterocycles. The molecule has 2 amide bonds. The number of rotatable bonds is 4. The normalized spacial score (nSPS) is 13.8. The molecule has 1 aliphatic rings. The predicted molar refractivity (Wildman–Crippen MR) is 90.5 cm³/mol. The minimum atomic E-state index is -0.493. The van der Waals surface area contributed by atoms with Crippen LogP contribution in [0, 0.1) is 12.7 Å². The van der Waals surface area contributed by atoms with Gasteiger partial charge in [-0.15, -0.1) is 0 Å². The Morgan fingerprint density at radius 3 is 2.75 bits per heavy atom. The van der Waals surface area contributed by atoms with Crippen molar-refractivity contribution >= 4 is 17.5 Å². The van der Waals surface area contributed by atoms with Gasteiger partial charge in [-0.25, -0.2) is 19.2 Å². The van der Waals surface area contributed by atoms with Crippen LogP contribution in [0.25, 0.3) is 0 Å². The van der Waals surface area contributed by atoms with E-state index in [4.69, 9.17) is 0 Å². The number of anilines is 2. The highest BCUT2D eigenvalue weighted by Crippen LogP contribution is 2.18. The quantitative estimate of drug-likeness (QED) is 0.905. The maximum Gasteiger partial charge on any atom is 0.319 e. The number of benzene rings is 1.